The van der Waals surface area contributed by atoms with Gasteiger partial charge < -0.3 is 14.8 Å². The highest BCUT2D eigenvalue weighted by Gasteiger charge is 2.10. The second kappa shape index (κ2) is 5.10. The average molecular weight is 270 g/mol. The van der Waals surface area contributed by atoms with Crippen molar-refractivity contribution >= 4 is 23.3 Å². The van der Waals surface area contributed by atoms with E-state index in [0.29, 0.717) is 5.76 Å². The number of hydrogen-bond acceptors (Lipinski definition) is 3. The van der Waals surface area contributed by atoms with Crippen molar-refractivity contribution in [2.75, 3.05) is 5.32 Å². The van der Waals surface area contributed by atoms with Gasteiger partial charge in [-0.15, -0.1) is 0 Å². The van der Waals surface area contributed by atoms with Gasteiger partial charge in [-0.25, -0.2) is 9.18 Å². The lowest BCUT2D eigenvalue weighted by molar-refractivity contribution is 0.0660. The van der Waals surface area contributed by atoms with Crippen LogP contribution in [0.5, 0.6) is 0 Å². The van der Waals surface area contributed by atoms with E-state index >= 15 is 0 Å². The van der Waals surface area contributed by atoms with E-state index in [1.165, 1.54) is 24.3 Å². The summed E-state index contributed by atoms with van der Waals surface area (Å²) in [5, 5.41) is 11.7. The number of carboxylic acid groups (broad SMARTS) is 1. The fourth-order valence-corrected chi connectivity index (χ4v) is 1.66. The van der Waals surface area contributed by atoms with Gasteiger partial charge >= 0.3 is 5.97 Å². The molecular weight excluding hydrogens is 261 g/mol. The molecule has 18 heavy (non-hydrogen) atoms. The van der Waals surface area contributed by atoms with Crippen molar-refractivity contribution in [1.82, 2.24) is 0 Å². The second-order valence-electron chi connectivity index (χ2n) is 3.52. The number of nitrogens with one attached hydrogen (secondary N) is 1. The Kier molecular flexibility index (Phi) is 3.53. The molecule has 0 bridgehead atoms. The van der Waals surface area contributed by atoms with Gasteiger partial charge in [-0.2, -0.15) is 0 Å². The first-order valence-electron chi connectivity index (χ1n) is 5.08. The van der Waals surface area contributed by atoms with Crippen molar-refractivity contribution in [2.24, 2.45) is 0 Å². The molecule has 0 radical (unpaired) electrons. The Morgan fingerprint density at radius 2 is 2.17 bits per heavy atom. The van der Waals surface area contributed by atoms with Gasteiger partial charge in [0.05, 0.1) is 17.3 Å². The smallest absolute Gasteiger partial charge is 0.371 e. The molecule has 2 aromatic rings. The van der Waals surface area contributed by atoms with Gasteiger partial charge in [0.1, 0.15) is 11.6 Å². The number of furan rings is 1. The third-order valence-corrected chi connectivity index (χ3v) is 2.59. The summed E-state index contributed by atoms with van der Waals surface area (Å²) in [7, 11) is 0. The minimum atomic E-state index is -1.15. The summed E-state index contributed by atoms with van der Waals surface area (Å²) in [6.07, 6.45) is 0. The molecule has 0 saturated heterocycles. The average Bonchev–Trinajstić information content (AvgIpc) is 2.77. The van der Waals surface area contributed by atoms with Gasteiger partial charge in [0, 0.05) is 0 Å². The maximum Gasteiger partial charge on any atom is 0.371 e. The number of carboxylic acids is 1. The molecule has 0 aliphatic carbocycles. The van der Waals surface area contributed by atoms with Crippen molar-refractivity contribution in [2.45, 2.75) is 6.54 Å². The Hall–Kier alpha value is -2.01. The minimum absolute atomic E-state index is 0.147. The van der Waals surface area contributed by atoms with E-state index in [1.807, 2.05) is 0 Å². The molecule has 0 aliphatic rings. The monoisotopic (exact) mass is 269 g/mol. The van der Waals surface area contributed by atoms with Crippen LogP contribution in [0, 0.1) is 5.82 Å². The lowest BCUT2D eigenvalue weighted by Gasteiger charge is -2.07. The third kappa shape index (κ3) is 2.62. The molecule has 0 fully saturated rings. The summed E-state index contributed by atoms with van der Waals surface area (Å²) in [5.74, 6) is -1.41. The summed E-state index contributed by atoms with van der Waals surface area (Å²) >= 11 is 5.82. The largest absolute Gasteiger partial charge is 0.475 e. The van der Waals surface area contributed by atoms with Gasteiger partial charge in [-0.1, -0.05) is 17.7 Å². The highest BCUT2D eigenvalue weighted by Crippen LogP contribution is 2.25. The van der Waals surface area contributed by atoms with Gasteiger partial charge in [-0.05, 0) is 24.3 Å². The van der Waals surface area contributed by atoms with Crippen LogP contribution in [0.2, 0.25) is 5.02 Å². The van der Waals surface area contributed by atoms with E-state index in [9.17, 15) is 9.18 Å². The summed E-state index contributed by atoms with van der Waals surface area (Å²) in [6.45, 7) is 0.147. The predicted octanol–water partition coefficient (Wildman–Crippen LogP) is 3.38. The lowest BCUT2D eigenvalue weighted by Crippen LogP contribution is -2.01. The van der Waals surface area contributed by atoms with Crippen LogP contribution in [0.3, 0.4) is 0 Å². The van der Waals surface area contributed by atoms with Gasteiger partial charge in [0.25, 0.3) is 0 Å². The van der Waals surface area contributed by atoms with Crippen molar-refractivity contribution < 1.29 is 18.7 Å². The molecule has 0 amide bonds. The van der Waals surface area contributed by atoms with E-state index in [4.69, 9.17) is 21.1 Å². The Balaban J connectivity index is 2.09. The topological polar surface area (TPSA) is 62.5 Å². The molecule has 2 N–H and O–H groups in total. The van der Waals surface area contributed by atoms with Crippen molar-refractivity contribution in [1.29, 1.82) is 0 Å². The standard InChI is InChI=1S/C12H9ClFNO3/c13-8-2-1-3-9(14)11(8)15-6-7-4-5-10(18-7)12(16)17/h1-5,15H,6H2,(H,16,17). The maximum atomic E-state index is 13.4. The number of hydrogen-bond donors (Lipinski definition) is 2. The molecule has 2 rings (SSSR count). The van der Waals surface area contributed by atoms with Crippen LogP contribution in [-0.2, 0) is 6.54 Å². The van der Waals surface area contributed by atoms with E-state index in [-0.39, 0.29) is 23.0 Å². The van der Waals surface area contributed by atoms with Crippen LogP contribution in [0.4, 0.5) is 10.1 Å². The zero-order valence-corrected chi connectivity index (χ0v) is 9.87. The van der Waals surface area contributed by atoms with Crippen LogP contribution in [-0.4, -0.2) is 11.1 Å². The fourth-order valence-electron chi connectivity index (χ4n) is 1.43. The number of carbonyl (C=O) groups is 1. The highest BCUT2D eigenvalue weighted by atomic mass is 35.5. The number of para-hydroxylation sites is 1. The van der Waals surface area contributed by atoms with E-state index in [1.54, 1.807) is 6.07 Å². The van der Waals surface area contributed by atoms with Crippen LogP contribution >= 0.6 is 11.6 Å². The zero-order chi connectivity index (χ0) is 13.1. The molecule has 0 unspecified atom stereocenters. The number of halogens is 2. The molecule has 6 heteroatoms. The summed E-state index contributed by atoms with van der Waals surface area (Å²) in [4.78, 5) is 10.6. The van der Waals surface area contributed by atoms with Gasteiger partial charge in [0.15, 0.2) is 0 Å². The lowest BCUT2D eigenvalue weighted by atomic mass is 10.3. The first-order valence-corrected chi connectivity index (χ1v) is 5.45. The van der Waals surface area contributed by atoms with Crippen LogP contribution in [0.25, 0.3) is 0 Å². The molecule has 0 saturated carbocycles. The quantitative estimate of drug-likeness (QED) is 0.893. The Bertz CT molecular complexity index is 562. The second-order valence-corrected chi connectivity index (χ2v) is 3.93. The van der Waals surface area contributed by atoms with Crippen molar-refractivity contribution in [3.05, 3.63) is 52.7 Å². The summed E-state index contributed by atoms with van der Waals surface area (Å²) < 4.78 is 18.4. The van der Waals surface area contributed by atoms with E-state index in [2.05, 4.69) is 5.32 Å². The normalized spacial score (nSPS) is 10.3. The molecule has 1 aromatic carbocycles. The molecular formula is C12H9ClFNO3. The van der Waals surface area contributed by atoms with E-state index < -0.39 is 11.8 Å². The summed E-state index contributed by atoms with van der Waals surface area (Å²) in [5.41, 5.74) is 0.160. The van der Waals surface area contributed by atoms with Gasteiger partial charge in [-0.3, -0.25) is 0 Å². The van der Waals surface area contributed by atoms with E-state index in [0.717, 1.165) is 0 Å². The Morgan fingerprint density at radius 3 is 2.78 bits per heavy atom. The number of benzene rings is 1. The first-order chi connectivity index (χ1) is 8.58. The van der Waals surface area contributed by atoms with Crippen molar-refractivity contribution in [3.63, 3.8) is 0 Å². The Morgan fingerprint density at radius 1 is 1.39 bits per heavy atom. The van der Waals surface area contributed by atoms with Crippen LogP contribution in [0.1, 0.15) is 16.3 Å². The highest BCUT2D eigenvalue weighted by molar-refractivity contribution is 6.33. The SMILES string of the molecule is O=C(O)c1ccc(CNc2c(F)cccc2Cl)o1. The molecule has 1 heterocycles. The van der Waals surface area contributed by atoms with Crippen molar-refractivity contribution in [3.8, 4) is 0 Å². The predicted molar refractivity (Wildman–Crippen MR) is 64.4 cm³/mol. The first kappa shape index (κ1) is 12.4. The Labute approximate surface area is 107 Å². The molecule has 4 nitrogen and oxygen atoms in total. The molecule has 1 aromatic heterocycles. The molecule has 94 valence electrons. The number of aromatic carboxylic acids is 1. The maximum absolute atomic E-state index is 13.4. The van der Waals surface area contributed by atoms with Crippen LogP contribution in [0.15, 0.2) is 34.7 Å². The molecule has 0 aliphatic heterocycles. The number of rotatable bonds is 4. The third-order valence-electron chi connectivity index (χ3n) is 2.27. The van der Waals surface area contributed by atoms with Gasteiger partial charge in [0.2, 0.25) is 5.76 Å². The summed E-state index contributed by atoms with van der Waals surface area (Å²) in [6, 6.07) is 7.17. The number of anilines is 1. The molecule has 0 atom stereocenters. The zero-order valence-electron chi connectivity index (χ0n) is 9.11. The van der Waals surface area contributed by atoms with Crippen LogP contribution < -0.4 is 5.32 Å². The fraction of sp³-hybridized carbons (Fsp3) is 0.0833. The minimum Gasteiger partial charge on any atom is -0.475 e. The molecule has 0 spiro atoms.